The molecule has 20 heavy (non-hydrogen) atoms. The lowest BCUT2D eigenvalue weighted by Gasteiger charge is -2.17. The van der Waals surface area contributed by atoms with E-state index in [2.05, 4.69) is 0 Å². The van der Waals surface area contributed by atoms with Crippen LogP contribution in [0.1, 0.15) is 12.0 Å². The van der Waals surface area contributed by atoms with Gasteiger partial charge >= 0.3 is 5.97 Å². The molecule has 0 radical (unpaired) electrons. The minimum atomic E-state index is -0.923. The number of benzene rings is 1. The number of carbonyl (C=O) groups excluding carboxylic acids is 1. The van der Waals surface area contributed by atoms with E-state index in [0.29, 0.717) is 18.0 Å². The number of hydrogen-bond donors (Lipinski definition) is 1. The number of hydrogen-bond acceptors (Lipinski definition) is 4. The third-order valence-corrected chi connectivity index (χ3v) is 3.39. The largest absolute Gasteiger partial charge is 0.493 e. The minimum Gasteiger partial charge on any atom is -0.493 e. The van der Waals surface area contributed by atoms with Gasteiger partial charge in [0.05, 0.1) is 20.1 Å². The molecule has 1 saturated heterocycles. The summed E-state index contributed by atoms with van der Waals surface area (Å²) in [6, 6.07) is 5.40. The maximum absolute atomic E-state index is 11.8. The minimum absolute atomic E-state index is 0.0720. The highest BCUT2D eigenvalue weighted by Gasteiger charge is 2.34. The van der Waals surface area contributed by atoms with E-state index < -0.39 is 11.9 Å². The van der Waals surface area contributed by atoms with Gasteiger partial charge in [-0.3, -0.25) is 9.59 Å². The van der Waals surface area contributed by atoms with Crippen LogP contribution in [0.5, 0.6) is 11.5 Å². The van der Waals surface area contributed by atoms with Crippen LogP contribution in [0.15, 0.2) is 18.2 Å². The number of carboxylic acid groups (broad SMARTS) is 1. The number of rotatable bonds is 5. The van der Waals surface area contributed by atoms with E-state index in [1.807, 2.05) is 6.07 Å². The fourth-order valence-electron chi connectivity index (χ4n) is 2.29. The van der Waals surface area contributed by atoms with Crippen LogP contribution >= 0.6 is 0 Å². The molecule has 6 nitrogen and oxygen atoms in total. The van der Waals surface area contributed by atoms with Crippen molar-refractivity contribution in [1.82, 2.24) is 4.90 Å². The Bertz CT molecular complexity index is 528. The van der Waals surface area contributed by atoms with E-state index in [0.717, 1.165) is 5.56 Å². The van der Waals surface area contributed by atoms with Crippen LogP contribution in [0.4, 0.5) is 0 Å². The molecule has 1 aliphatic heterocycles. The van der Waals surface area contributed by atoms with E-state index in [9.17, 15) is 9.59 Å². The fraction of sp³-hybridized carbons (Fsp3) is 0.429. The van der Waals surface area contributed by atoms with Gasteiger partial charge in [-0.15, -0.1) is 0 Å². The Morgan fingerprint density at radius 2 is 2.05 bits per heavy atom. The van der Waals surface area contributed by atoms with E-state index in [-0.39, 0.29) is 18.9 Å². The van der Waals surface area contributed by atoms with Crippen LogP contribution in [0, 0.1) is 5.92 Å². The zero-order valence-electron chi connectivity index (χ0n) is 11.5. The quantitative estimate of drug-likeness (QED) is 0.874. The maximum Gasteiger partial charge on any atom is 0.308 e. The van der Waals surface area contributed by atoms with Crippen molar-refractivity contribution in [3.63, 3.8) is 0 Å². The fourth-order valence-corrected chi connectivity index (χ4v) is 2.29. The average Bonchev–Trinajstić information content (AvgIpc) is 2.80. The van der Waals surface area contributed by atoms with Gasteiger partial charge in [0.2, 0.25) is 5.91 Å². The lowest BCUT2D eigenvalue weighted by atomic mass is 10.1. The highest BCUT2D eigenvalue weighted by Crippen LogP contribution is 2.29. The standard InChI is InChI=1S/C14H17NO5/c1-19-11-4-3-9(5-12(11)20-2)7-15-8-10(14(17)18)6-13(15)16/h3-5,10H,6-8H2,1-2H3,(H,17,18)/t10-/m1/s1. The highest BCUT2D eigenvalue weighted by molar-refractivity contribution is 5.86. The Hall–Kier alpha value is -2.24. The summed E-state index contributed by atoms with van der Waals surface area (Å²) in [5.41, 5.74) is 0.877. The summed E-state index contributed by atoms with van der Waals surface area (Å²) in [5, 5.41) is 8.95. The number of ether oxygens (including phenoxy) is 2. The van der Waals surface area contributed by atoms with Crippen LogP contribution in [0.25, 0.3) is 0 Å². The van der Waals surface area contributed by atoms with Crippen molar-refractivity contribution in [1.29, 1.82) is 0 Å². The molecule has 1 aromatic rings. The molecule has 1 fully saturated rings. The predicted octanol–water partition coefficient (Wildman–Crippen LogP) is 1.14. The molecule has 1 N–H and O–H groups in total. The molecule has 0 bridgehead atoms. The Labute approximate surface area is 116 Å². The zero-order chi connectivity index (χ0) is 14.7. The van der Waals surface area contributed by atoms with Crippen LogP contribution in [0.2, 0.25) is 0 Å². The van der Waals surface area contributed by atoms with Gasteiger partial charge in [0, 0.05) is 19.5 Å². The first-order valence-corrected chi connectivity index (χ1v) is 6.26. The lowest BCUT2D eigenvalue weighted by Crippen LogP contribution is -2.25. The van der Waals surface area contributed by atoms with Gasteiger partial charge in [0.15, 0.2) is 11.5 Å². The molecule has 1 aromatic carbocycles. The van der Waals surface area contributed by atoms with Gasteiger partial charge in [-0.2, -0.15) is 0 Å². The number of methoxy groups -OCH3 is 2. The Morgan fingerprint density at radius 1 is 1.35 bits per heavy atom. The Morgan fingerprint density at radius 3 is 2.60 bits per heavy atom. The van der Waals surface area contributed by atoms with Crippen LogP contribution in [-0.4, -0.2) is 42.6 Å². The van der Waals surface area contributed by atoms with E-state index >= 15 is 0 Å². The first-order chi connectivity index (χ1) is 9.55. The van der Waals surface area contributed by atoms with Gasteiger partial charge < -0.3 is 19.5 Å². The number of carbonyl (C=O) groups is 2. The van der Waals surface area contributed by atoms with E-state index in [4.69, 9.17) is 14.6 Å². The smallest absolute Gasteiger partial charge is 0.308 e. The molecule has 0 unspecified atom stereocenters. The molecule has 1 atom stereocenters. The maximum atomic E-state index is 11.8. The summed E-state index contributed by atoms with van der Waals surface area (Å²) in [4.78, 5) is 24.2. The molecule has 0 saturated carbocycles. The van der Waals surface area contributed by atoms with Crippen molar-refractivity contribution in [3.05, 3.63) is 23.8 Å². The molecule has 0 spiro atoms. The average molecular weight is 279 g/mol. The second-order valence-electron chi connectivity index (χ2n) is 4.70. The topological polar surface area (TPSA) is 76.1 Å². The first kappa shape index (κ1) is 14.2. The molecule has 1 aliphatic rings. The van der Waals surface area contributed by atoms with Gasteiger partial charge in [0.25, 0.3) is 0 Å². The zero-order valence-corrected chi connectivity index (χ0v) is 11.5. The van der Waals surface area contributed by atoms with E-state index in [1.165, 1.54) is 0 Å². The van der Waals surface area contributed by atoms with Gasteiger partial charge in [-0.25, -0.2) is 0 Å². The molecule has 1 heterocycles. The summed E-state index contributed by atoms with van der Waals surface area (Å²) < 4.78 is 10.4. The summed E-state index contributed by atoms with van der Waals surface area (Å²) in [5.74, 6) is -0.457. The van der Waals surface area contributed by atoms with Gasteiger partial charge in [0.1, 0.15) is 0 Å². The van der Waals surface area contributed by atoms with Gasteiger partial charge in [-0.05, 0) is 17.7 Å². The third-order valence-electron chi connectivity index (χ3n) is 3.39. The number of amides is 1. The first-order valence-electron chi connectivity index (χ1n) is 6.26. The van der Waals surface area contributed by atoms with Crippen molar-refractivity contribution < 1.29 is 24.2 Å². The summed E-state index contributed by atoms with van der Waals surface area (Å²) in [6.45, 7) is 0.630. The predicted molar refractivity (Wildman–Crippen MR) is 70.7 cm³/mol. The Balaban J connectivity index is 2.10. The van der Waals surface area contributed by atoms with Crippen molar-refractivity contribution in [2.24, 2.45) is 5.92 Å². The SMILES string of the molecule is COc1ccc(CN2C[C@H](C(=O)O)CC2=O)cc1OC. The molecular formula is C14H17NO5. The molecule has 0 aliphatic carbocycles. The number of aliphatic carboxylic acids is 1. The number of carboxylic acids is 1. The van der Waals surface area contributed by atoms with Crippen LogP contribution in [-0.2, 0) is 16.1 Å². The molecule has 108 valence electrons. The summed E-state index contributed by atoms with van der Waals surface area (Å²) >= 11 is 0. The Kier molecular flexibility index (Phi) is 4.12. The number of nitrogens with zero attached hydrogens (tertiary/aromatic N) is 1. The van der Waals surface area contributed by atoms with Gasteiger partial charge in [-0.1, -0.05) is 6.07 Å². The molecule has 1 amide bonds. The number of likely N-dealkylation sites (tertiary alicyclic amines) is 1. The summed E-state index contributed by atoms with van der Waals surface area (Å²) in [6.07, 6.45) is 0.0720. The van der Waals surface area contributed by atoms with Crippen molar-refractivity contribution in [2.45, 2.75) is 13.0 Å². The third kappa shape index (κ3) is 2.84. The molecule has 6 heteroatoms. The van der Waals surface area contributed by atoms with E-state index in [1.54, 1.807) is 31.3 Å². The molecular weight excluding hydrogens is 262 g/mol. The van der Waals surface area contributed by atoms with Crippen molar-refractivity contribution >= 4 is 11.9 Å². The molecule has 2 rings (SSSR count). The summed E-state index contributed by atoms with van der Waals surface area (Å²) in [7, 11) is 3.10. The van der Waals surface area contributed by atoms with Crippen LogP contribution < -0.4 is 9.47 Å². The van der Waals surface area contributed by atoms with Crippen LogP contribution in [0.3, 0.4) is 0 Å². The highest BCUT2D eigenvalue weighted by atomic mass is 16.5. The normalized spacial score (nSPS) is 18.2. The molecule has 0 aromatic heterocycles. The monoisotopic (exact) mass is 279 g/mol. The second kappa shape index (κ2) is 5.81. The van der Waals surface area contributed by atoms with Crippen molar-refractivity contribution in [2.75, 3.05) is 20.8 Å². The second-order valence-corrected chi connectivity index (χ2v) is 4.70. The lowest BCUT2D eigenvalue weighted by molar-refractivity contribution is -0.141. The van der Waals surface area contributed by atoms with Crippen molar-refractivity contribution in [3.8, 4) is 11.5 Å².